The number of aromatic amines is 1. The lowest BCUT2D eigenvalue weighted by Gasteiger charge is -2.36. The molecule has 2 aromatic heterocycles. The van der Waals surface area contributed by atoms with E-state index >= 15 is 0 Å². The molecule has 1 saturated heterocycles. The topological polar surface area (TPSA) is 53.9 Å². The molecule has 1 fully saturated rings. The molecule has 1 amide bonds. The second-order valence-corrected chi connectivity index (χ2v) is 6.45. The lowest BCUT2D eigenvalue weighted by atomic mass is 9.98. The van der Waals surface area contributed by atoms with Gasteiger partial charge in [-0.25, -0.2) is 0 Å². The Hall–Kier alpha value is -2.56. The van der Waals surface area contributed by atoms with Crippen LogP contribution in [0.1, 0.15) is 36.0 Å². The van der Waals surface area contributed by atoms with Gasteiger partial charge in [-0.3, -0.25) is 9.48 Å². The molecule has 1 aliphatic heterocycles. The normalized spacial score (nSPS) is 18.2. The second kappa shape index (κ2) is 6.51. The molecule has 5 nitrogen and oxygen atoms in total. The minimum atomic E-state index is 0.151. The van der Waals surface area contributed by atoms with Crippen molar-refractivity contribution in [1.82, 2.24) is 19.7 Å². The Bertz CT molecular complexity index is 821. The van der Waals surface area contributed by atoms with Crippen molar-refractivity contribution in [2.24, 2.45) is 0 Å². The SMILES string of the molecule is O=C(c1c[nH]c2ccccc12)N1CCCC[C@@H]1CCn1cccn1. The molecule has 24 heavy (non-hydrogen) atoms. The van der Waals surface area contributed by atoms with Gasteiger partial charge in [-0.05, 0) is 37.8 Å². The summed E-state index contributed by atoms with van der Waals surface area (Å²) >= 11 is 0. The Morgan fingerprint density at radius 1 is 1.25 bits per heavy atom. The van der Waals surface area contributed by atoms with Crippen LogP contribution in [0.2, 0.25) is 0 Å². The van der Waals surface area contributed by atoms with Gasteiger partial charge in [-0.2, -0.15) is 5.10 Å². The van der Waals surface area contributed by atoms with E-state index in [0.29, 0.717) is 6.04 Å². The monoisotopic (exact) mass is 322 g/mol. The van der Waals surface area contributed by atoms with Crippen molar-refractivity contribution in [2.75, 3.05) is 6.54 Å². The first-order valence-electron chi connectivity index (χ1n) is 8.67. The molecule has 0 bridgehead atoms. The maximum absolute atomic E-state index is 13.1. The van der Waals surface area contributed by atoms with E-state index in [1.54, 1.807) is 6.20 Å². The fourth-order valence-electron chi connectivity index (χ4n) is 3.69. The summed E-state index contributed by atoms with van der Waals surface area (Å²) in [6.07, 6.45) is 9.95. The number of carbonyl (C=O) groups excluding carboxylic acids is 1. The van der Waals surface area contributed by atoms with Crippen LogP contribution in [0, 0.1) is 0 Å². The number of nitrogens with zero attached hydrogens (tertiary/aromatic N) is 3. The minimum Gasteiger partial charge on any atom is -0.360 e. The van der Waals surface area contributed by atoms with Crippen molar-refractivity contribution in [1.29, 1.82) is 0 Å². The molecule has 5 heteroatoms. The summed E-state index contributed by atoms with van der Waals surface area (Å²) < 4.78 is 1.95. The molecule has 1 aliphatic rings. The van der Waals surface area contributed by atoms with Crippen molar-refractivity contribution in [2.45, 2.75) is 38.3 Å². The lowest BCUT2D eigenvalue weighted by molar-refractivity contribution is 0.0596. The molecule has 0 spiro atoms. The van der Waals surface area contributed by atoms with Gasteiger partial charge in [0.1, 0.15) is 0 Å². The first kappa shape index (κ1) is 15.0. The van der Waals surface area contributed by atoms with Gasteiger partial charge < -0.3 is 9.88 Å². The van der Waals surface area contributed by atoms with Gasteiger partial charge in [0.15, 0.2) is 0 Å². The van der Waals surface area contributed by atoms with Gasteiger partial charge >= 0.3 is 0 Å². The summed E-state index contributed by atoms with van der Waals surface area (Å²) in [5.41, 5.74) is 1.81. The largest absolute Gasteiger partial charge is 0.360 e. The number of rotatable bonds is 4. The smallest absolute Gasteiger partial charge is 0.256 e. The number of para-hydroxylation sites is 1. The number of aryl methyl sites for hydroxylation is 1. The van der Waals surface area contributed by atoms with Crippen LogP contribution in [0.5, 0.6) is 0 Å². The zero-order valence-electron chi connectivity index (χ0n) is 13.7. The van der Waals surface area contributed by atoms with E-state index in [1.807, 2.05) is 47.4 Å². The van der Waals surface area contributed by atoms with E-state index in [4.69, 9.17) is 0 Å². The Morgan fingerprint density at radius 2 is 2.17 bits per heavy atom. The van der Waals surface area contributed by atoms with Crippen molar-refractivity contribution in [3.8, 4) is 0 Å². The summed E-state index contributed by atoms with van der Waals surface area (Å²) in [6.45, 7) is 1.71. The number of hydrogen-bond donors (Lipinski definition) is 1. The van der Waals surface area contributed by atoms with Gasteiger partial charge in [0.25, 0.3) is 5.91 Å². The number of hydrogen-bond acceptors (Lipinski definition) is 2. The fourth-order valence-corrected chi connectivity index (χ4v) is 3.69. The second-order valence-electron chi connectivity index (χ2n) is 6.45. The Kier molecular flexibility index (Phi) is 4.07. The molecular formula is C19H22N4O. The van der Waals surface area contributed by atoms with E-state index in [2.05, 4.69) is 15.0 Å². The van der Waals surface area contributed by atoms with Crippen LogP contribution in [-0.2, 0) is 6.54 Å². The number of benzene rings is 1. The molecule has 3 heterocycles. The first-order valence-corrected chi connectivity index (χ1v) is 8.67. The highest BCUT2D eigenvalue weighted by atomic mass is 16.2. The van der Waals surface area contributed by atoms with Crippen molar-refractivity contribution >= 4 is 16.8 Å². The summed E-state index contributed by atoms with van der Waals surface area (Å²) in [5, 5.41) is 5.28. The van der Waals surface area contributed by atoms with Crippen molar-refractivity contribution < 1.29 is 4.79 Å². The summed E-state index contributed by atoms with van der Waals surface area (Å²) in [4.78, 5) is 18.4. The maximum Gasteiger partial charge on any atom is 0.256 e. The molecule has 1 aromatic carbocycles. The third kappa shape index (κ3) is 2.82. The molecule has 1 atom stereocenters. The predicted molar refractivity (Wildman–Crippen MR) is 93.8 cm³/mol. The summed E-state index contributed by atoms with van der Waals surface area (Å²) in [7, 11) is 0. The number of likely N-dealkylation sites (tertiary alicyclic amines) is 1. The predicted octanol–water partition coefficient (Wildman–Crippen LogP) is 3.45. The van der Waals surface area contributed by atoms with Gasteiger partial charge in [0, 0.05) is 48.6 Å². The standard InChI is InChI=1S/C19H22N4O/c24-19(17-14-20-18-8-2-1-7-16(17)18)23-12-4-3-6-15(23)9-13-22-11-5-10-21-22/h1-2,5,7-8,10-11,14-15,20H,3-4,6,9,12-13H2/t15-/m1/s1. The maximum atomic E-state index is 13.1. The highest BCUT2D eigenvalue weighted by Crippen LogP contribution is 2.25. The van der Waals surface area contributed by atoms with Gasteiger partial charge in [-0.1, -0.05) is 18.2 Å². The zero-order valence-corrected chi connectivity index (χ0v) is 13.7. The van der Waals surface area contributed by atoms with Gasteiger partial charge in [-0.15, -0.1) is 0 Å². The average molecular weight is 322 g/mol. The number of fused-ring (bicyclic) bond motifs is 1. The molecule has 4 rings (SSSR count). The number of carbonyl (C=O) groups is 1. The van der Waals surface area contributed by atoms with E-state index < -0.39 is 0 Å². The van der Waals surface area contributed by atoms with Gasteiger partial charge in [0.05, 0.1) is 5.56 Å². The Balaban J connectivity index is 1.54. The highest BCUT2D eigenvalue weighted by molar-refractivity contribution is 6.06. The van der Waals surface area contributed by atoms with Crippen LogP contribution in [0.4, 0.5) is 0 Å². The molecule has 0 saturated carbocycles. The fraction of sp³-hybridized carbons (Fsp3) is 0.368. The molecule has 3 aromatic rings. The third-order valence-electron chi connectivity index (χ3n) is 4.96. The number of H-pyrrole nitrogens is 1. The highest BCUT2D eigenvalue weighted by Gasteiger charge is 2.28. The van der Waals surface area contributed by atoms with E-state index in [-0.39, 0.29) is 5.91 Å². The van der Waals surface area contributed by atoms with Crippen LogP contribution in [-0.4, -0.2) is 38.2 Å². The summed E-state index contributed by atoms with van der Waals surface area (Å²) in [5.74, 6) is 0.151. The summed E-state index contributed by atoms with van der Waals surface area (Å²) in [6, 6.07) is 10.2. The van der Waals surface area contributed by atoms with E-state index in [1.165, 1.54) is 6.42 Å². The Morgan fingerprint density at radius 3 is 3.04 bits per heavy atom. The van der Waals surface area contributed by atoms with Crippen molar-refractivity contribution in [3.63, 3.8) is 0 Å². The van der Waals surface area contributed by atoms with Crippen molar-refractivity contribution in [3.05, 3.63) is 54.5 Å². The van der Waals surface area contributed by atoms with Crippen LogP contribution in [0.3, 0.4) is 0 Å². The Labute approximate surface area is 141 Å². The number of amides is 1. The average Bonchev–Trinajstić information content (AvgIpc) is 3.29. The zero-order chi connectivity index (χ0) is 16.4. The number of aromatic nitrogens is 3. The minimum absolute atomic E-state index is 0.151. The third-order valence-corrected chi connectivity index (χ3v) is 4.96. The quantitative estimate of drug-likeness (QED) is 0.800. The molecule has 0 aliphatic carbocycles. The molecular weight excluding hydrogens is 300 g/mol. The molecule has 0 unspecified atom stereocenters. The van der Waals surface area contributed by atoms with Crippen LogP contribution >= 0.6 is 0 Å². The molecule has 124 valence electrons. The molecule has 0 radical (unpaired) electrons. The van der Waals surface area contributed by atoms with Crippen LogP contribution in [0.25, 0.3) is 10.9 Å². The molecule has 1 N–H and O–H groups in total. The van der Waals surface area contributed by atoms with E-state index in [0.717, 1.165) is 48.8 Å². The van der Waals surface area contributed by atoms with Gasteiger partial charge in [0.2, 0.25) is 0 Å². The lowest BCUT2D eigenvalue weighted by Crippen LogP contribution is -2.44. The first-order chi connectivity index (χ1) is 11.8. The number of piperidine rings is 1. The van der Waals surface area contributed by atoms with Crippen LogP contribution in [0.15, 0.2) is 48.9 Å². The van der Waals surface area contributed by atoms with Crippen LogP contribution < -0.4 is 0 Å². The number of nitrogens with one attached hydrogen (secondary N) is 1. The van der Waals surface area contributed by atoms with E-state index in [9.17, 15) is 4.79 Å².